The highest BCUT2D eigenvalue weighted by Gasteiger charge is 2.73. The summed E-state index contributed by atoms with van der Waals surface area (Å²) in [4.78, 5) is 25.1. The van der Waals surface area contributed by atoms with Crippen LogP contribution in [0.15, 0.2) is 25.3 Å². The second-order valence-electron chi connectivity index (χ2n) is 15.3. The monoisotopic (exact) mass is 722 g/mol. The van der Waals surface area contributed by atoms with E-state index in [-0.39, 0.29) is 37.3 Å². The van der Waals surface area contributed by atoms with Crippen LogP contribution in [0, 0.1) is 11.8 Å². The highest BCUT2D eigenvalue weighted by molar-refractivity contribution is 5.81. The van der Waals surface area contributed by atoms with Gasteiger partial charge in [-0.1, -0.05) is 59.8 Å². The summed E-state index contributed by atoms with van der Waals surface area (Å²) >= 11 is 0. The van der Waals surface area contributed by atoms with Gasteiger partial charge >= 0.3 is 0 Å². The van der Waals surface area contributed by atoms with E-state index in [0.29, 0.717) is 40.0 Å². The molecule has 4 aromatic rings. The van der Waals surface area contributed by atoms with Gasteiger partial charge in [-0.2, -0.15) is 0 Å². The molecule has 52 heavy (non-hydrogen) atoms. The number of nitrogens with zero attached hydrogens (tertiary/aromatic N) is 8. The van der Waals surface area contributed by atoms with E-state index in [1.807, 2.05) is 18.4 Å². The van der Waals surface area contributed by atoms with Crippen LogP contribution in [-0.4, -0.2) is 90.7 Å². The number of aromatic nitrogens is 8. The Labute approximate surface area is 303 Å². The van der Waals surface area contributed by atoms with Crippen molar-refractivity contribution in [3.05, 3.63) is 25.3 Å². The normalized spacial score (nSPS) is 35.2. The third kappa shape index (κ3) is 6.00. The van der Waals surface area contributed by atoms with Gasteiger partial charge in [0, 0.05) is 0 Å². The topological polar surface area (TPSA) is 217 Å². The van der Waals surface area contributed by atoms with Crippen molar-refractivity contribution in [1.29, 1.82) is 0 Å². The quantitative estimate of drug-likeness (QED) is 0.167. The van der Waals surface area contributed by atoms with Crippen LogP contribution >= 0.6 is 0 Å². The summed E-state index contributed by atoms with van der Waals surface area (Å²) in [5.41, 5.74) is 13.1. The van der Waals surface area contributed by atoms with Crippen LogP contribution in [0.4, 0.5) is 11.6 Å². The smallest absolute Gasteiger partial charge is 0.167 e. The van der Waals surface area contributed by atoms with Crippen LogP contribution in [-0.2, 0) is 18.9 Å². The third-order valence-electron chi connectivity index (χ3n) is 11.5. The first-order valence-electron chi connectivity index (χ1n) is 18.5. The molecule has 16 nitrogen and oxygen atoms in total. The molecule has 0 radical (unpaired) electrons. The fourth-order valence-corrected chi connectivity index (χ4v) is 8.72. The summed E-state index contributed by atoms with van der Waals surface area (Å²) in [5, 5.41) is 21.1. The van der Waals surface area contributed by atoms with E-state index in [9.17, 15) is 10.2 Å². The molecule has 10 atom stereocenters. The average molecular weight is 723 g/mol. The molecule has 5 aliphatic rings. The van der Waals surface area contributed by atoms with Crippen molar-refractivity contribution in [3.63, 3.8) is 0 Å². The van der Waals surface area contributed by atoms with Crippen LogP contribution in [0.5, 0.6) is 0 Å². The molecule has 2 unspecified atom stereocenters. The molecule has 284 valence electrons. The number of rotatable bonds is 10. The van der Waals surface area contributed by atoms with E-state index in [0.717, 1.165) is 32.1 Å². The molecule has 6 N–H and O–H groups in total. The number of hydrogen-bond acceptors (Lipinski definition) is 14. The van der Waals surface area contributed by atoms with Gasteiger partial charge in [-0.25, -0.2) is 29.9 Å². The second-order valence-corrected chi connectivity index (χ2v) is 15.3. The number of aliphatic hydroxyl groups is 2. The van der Waals surface area contributed by atoms with E-state index in [1.165, 1.54) is 51.1 Å². The summed E-state index contributed by atoms with van der Waals surface area (Å²) in [6.07, 6.45) is 14.0. The molecule has 16 heteroatoms. The molecular weight excluding hydrogens is 668 g/mol. The van der Waals surface area contributed by atoms with Crippen LogP contribution in [0.3, 0.4) is 0 Å². The molecule has 2 spiro atoms. The minimum absolute atomic E-state index is 0. The Hall–Kier alpha value is -3.54. The van der Waals surface area contributed by atoms with Gasteiger partial charge in [0.25, 0.3) is 0 Å². The van der Waals surface area contributed by atoms with Crippen molar-refractivity contribution in [2.24, 2.45) is 11.8 Å². The van der Waals surface area contributed by atoms with Crippen molar-refractivity contribution in [3.8, 4) is 0 Å². The number of imidazole rings is 2. The SMILES string of the molecule is C.CCCCC[C@H]1C[C@]12O[C@@H](n1cnc3c(N)ncnc31)C(O)[C@H]2O.CCCCC[C@H]1C[C@]12O[C@@H](n1cnc3c(N)ncnc31)C1OC(C)(C)O[C@H]12. The van der Waals surface area contributed by atoms with E-state index in [4.69, 9.17) is 30.4 Å². The van der Waals surface area contributed by atoms with Gasteiger partial charge in [0.1, 0.15) is 59.3 Å². The highest BCUT2D eigenvalue weighted by atomic mass is 16.8. The number of nitrogens with two attached hydrogens (primary N) is 2. The van der Waals surface area contributed by atoms with Crippen LogP contribution in [0.1, 0.15) is 112 Å². The zero-order chi connectivity index (χ0) is 35.7. The van der Waals surface area contributed by atoms with E-state index in [2.05, 4.69) is 43.8 Å². The standard InChI is InChI=1S/C19H27N5O3.C16H23N5O3.CH4/c1-4-5-6-7-11-8-19(11)14-13(25-18(2,3)26-14)17(27-19)24-10-23-12-15(20)21-9-22-16(12)24;1-2-3-4-5-9-6-16(9)12(23)11(22)15(24-16)21-8-20-10-13(17)18-7-19-14(10)21;/h9-11,13-14,17H,4-8H2,1-3H3,(H2,20,21,22);7-9,11-12,15,22-23H,2-6H2,1H3,(H2,17,18,19);1H4/t11-,13?,14+,17+,19-;9-,11?,12+,15+,16-;/m00./s1. The number of unbranched alkanes of at least 4 members (excludes halogenated alkanes) is 4. The number of anilines is 2. The van der Waals surface area contributed by atoms with Crippen molar-refractivity contribution < 1.29 is 29.2 Å². The van der Waals surface area contributed by atoms with Gasteiger partial charge in [0.05, 0.1) is 12.7 Å². The fraction of sp³-hybridized carbons (Fsp3) is 0.722. The third-order valence-corrected chi connectivity index (χ3v) is 11.5. The minimum Gasteiger partial charge on any atom is -0.387 e. The van der Waals surface area contributed by atoms with Crippen molar-refractivity contribution in [2.45, 2.75) is 153 Å². The summed E-state index contributed by atoms with van der Waals surface area (Å²) in [7, 11) is 0. The molecule has 3 saturated heterocycles. The molecule has 4 aromatic heterocycles. The Balaban J connectivity index is 0.000000160. The van der Waals surface area contributed by atoms with Crippen LogP contribution in [0.2, 0.25) is 0 Å². The van der Waals surface area contributed by atoms with Crippen LogP contribution < -0.4 is 11.5 Å². The molecule has 2 aliphatic carbocycles. The lowest BCUT2D eigenvalue weighted by Crippen LogP contribution is -2.33. The van der Waals surface area contributed by atoms with E-state index >= 15 is 0 Å². The largest absolute Gasteiger partial charge is 0.387 e. The Morgan fingerprint density at radius 1 is 0.712 bits per heavy atom. The number of aliphatic hydroxyl groups excluding tert-OH is 2. The molecular formula is C36H54N10O6. The van der Waals surface area contributed by atoms with Crippen molar-refractivity contribution in [2.75, 3.05) is 11.5 Å². The summed E-state index contributed by atoms with van der Waals surface area (Å²) in [6.45, 7) is 8.34. The zero-order valence-corrected chi connectivity index (χ0v) is 29.8. The number of ether oxygens (including phenoxy) is 4. The van der Waals surface area contributed by atoms with Crippen LogP contribution in [0.25, 0.3) is 22.3 Å². The molecule has 0 aromatic carbocycles. The maximum absolute atomic E-state index is 10.5. The predicted molar refractivity (Wildman–Crippen MR) is 192 cm³/mol. The number of fused-ring (bicyclic) bond motifs is 4. The van der Waals surface area contributed by atoms with Gasteiger partial charge in [-0.05, 0) is 51.4 Å². The first-order valence-corrected chi connectivity index (χ1v) is 18.5. The maximum atomic E-state index is 10.5. The molecule has 3 aliphatic heterocycles. The zero-order valence-electron chi connectivity index (χ0n) is 29.8. The lowest BCUT2D eigenvalue weighted by atomic mass is 10.0. The predicted octanol–water partition coefficient (Wildman–Crippen LogP) is 4.43. The van der Waals surface area contributed by atoms with E-state index < -0.39 is 29.8 Å². The average Bonchev–Trinajstić information content (AvgIpc) is 3.56. The lowest BCUT2D eigenvalue weighted by molar-refractivity contribution is -0.203. The second kappa shape index (κ2) is 13.7. The molecule has 2 saturated carbocycles. The van der Waals surface area contributed by atoms with Gasteiger partial charge in [0.2, 0.25) is 0 Å². The Morgan fingerprint density at radius 3 is 1.81 bits per heavy atom. The van der Waals surface area contributed by atoms with Gasteiger partial charge in [0.15, 0.2) is 41.2 Å². The van der Waals surface area contributed by atoms with Gasteiger partial charge < -0.3 is 40.6 Å². The minimum atomic E-state index is -1.02. The Kier molecular flexibility index (Phi) is 9.70. The fourth-order valence-electron chi connectivity index (χ4n) is 8.72. The van der Waals surface area contributed by atoms with Crippen molar-refractivity contribution in [1.82, 2.24) is 39.0 Å². The molecule has 0 amide bonds. The van der Waals surface area contributed by atoms with Crippen molar-refractivity contribution >= 4 is 34.0 Å². The first-order chi connectivity index (χ1) is 24.5. The molecule has 9 rings (SSSR count). The summed E-state index contributed by atoms with van der Waals surface area (Å²) in [5.74, 6) is 0.855. The van der Waals surface area contributed by atoms with Gasteiger partial charge in [-0.15, -0.1) is 0 Å². The summed E-state index contributed by atoms with van der Waals surface area (Å²) in [6, 6.07) is 0. The number of hydrogen-bond donors (Lipinski definition) is 4. The molecule has 0 bridgehead atoms. The van der Waals surface area contributed by atoms with E-state index in [1.54, 1.807) is 10.9 Å². The lowest BCUT2D eigenvalue weighted by Gasteiger charge is -2.25. The van der Waals surface area contributed by atoms with Gasteiger partial charge in [-0.3, -0.25) is 9.13 Å². The summed E-state index contributed by atoms with van der Waals surface area (Å²) < 4.78 is 28.9. The number of nitrogen functional groups attached to an aromatic ring is 2. The molecule has 7 heterocycles. The maximum Gasteiger partial charge on any atom is 0.167 e. The first kappa shape index (κ1) is 36.8. The highest BCUT2D eigenvalue weighted by Crippen LogP contribution is 2.64. The Morgan fingerprint density at radius 2 is 1.23 bits per heavy atom. The Bertz CT molecular complexity index is 1890. The molecule has 5 fully saturated rings.